The van der Waals surface area contributed by atoms with E-state index in [1.54, 1.807) is 6.33 Å². The first kappa shape index (κ1) is 15.7. The van der Waals surface area contributed by atoms with E-state index in [2.05, 4.69) is 41.4 Å². The number of anilines is 2. The Labute approximate surface area is 116 Å². The summed E-state index contributed by atoms with van der Waals surface area (Å²) in [5.41, 5.74) is 5.93. The van der Waals surface area contributed by atoms with Gasteiger partial charge in [0.1, 0.15) is 18.0 Å². The first-order chi connectivity index (χ1) is 8.72. The summed E-state index contributed by atoms with van der Waals surface area (Å²) in [6.07, 6.45) is 2.69. The van der Waals surface area contributed by atoms with Crippen LogP contribution in [0.2, 0.25) is 0 Å². The molecule has 0 aliphatic rings. The van der Waals surface area contributed by atoms with E-state index in [0.717, 1.165) is 24.6 Å². The van der Waals surface area contributed by atoms with Crippen molar-refractivity contribution in [3.8, 4) is 0 Å². The van der Waals surface area contributed by atoms with Gasteiger partial charge in [-0.25, -0.2) is 9.97 Å². The Morgan fingerprint density at radius 3 is 2.05 bits per heavy atom. The fourth-order valence-corrected chi connectivity index (χ4v) is 1.32. The Balaban J connectivity index is 2.57. The van der Waals surface area contributed by atoms with Crippen LogP contribution < -0.4 is 16.4 Å². The summed E-state index contributed by atoms with van der Waals surface area (Å²) in [6.45, 7) is 12.2. The fraction of sp³-hybridized carbons (Fsp3) is 0.714. The van der Waals surface area contributed by atoms with Crippen molar-refractivity contribution >= 4 is 11.6 Å². The minimum absolute atomic E-state index is 0.261. The Bertz CT molecular complexity index is 395. The quantitative estimate of drug-likeness (QED) is 0.706. The van der Waals surface area contributed by atoms with Crippen LogP contribution in [0.15, 0.2) is 12.4 Å². The first-order valence-corrected chi connectivity index (χ1v) is 6.80. The van der Waals surface area contributed by atoms with Gasteiger partial charge in [0.25, 0.3) is 0 Å². The maximum atomic E-state index is 5.93. The van der Waals surface area contributed by atoms with E-state index in [1.165, 1.54) is 0 Å². The highest BCUT2D eigenvalue weighted by Crippen LogP contribution is 2.20. The second kappa shape index (κ2) is 6.19. The van der Waals surface area contributed by atoms with E-state index in [0.29, 0.717) is 6.54 Å². The second-order valence-electron chi connectivity index (χ2n) is 6.50. The predicted octanol–water partition coefficient (Wildman–Crippen LogP) is 2.47. The Morgan fingerprint density at radius 2 is 1.58 bits per heavy atom. The lowest BCUT2D eigenvalue weighted by molar-refractivity contribution is 0.376. The molecular weight excluding hydrogens is 238 g/mol. The molecule has 108 valence electrons. The lowest BCUT2D eigenvalue weighted by atomic mass is 9.90. The highest BCUT2D eigenvalue weighted by Gasteiger charge is 2.15. The molecule has 0 fully saturated rings. The summed E-state index contributed by atoms with van der Waals surface area (Å²) >= 11 is 0. The molecule has 0 atom stereocenters. The molecule has 0 aliphatic carbocycles. The minimum Gasteiger partial charge on any atom is -0.369 e. The van der Waals surface area contributed by atoms with Gasteiger partial charge >= 0.3 is 0 Å². The zero-order valence-corrected chi connectivity index (χ0v) is 12.7. The smallest absolute Gasteiger partial charge is 0.131 e. The number of nitrogens with one attached hydrogen (secondary N) is 2. The molecule has 0 unspecified atom stereocenters. The van der Waals surface area contributed by atoms with Gasteiger partial charge in [0.05, 0.1) is 0 Å². The zero-order chi connectivity index (χ0) is 14.5. The van der Waals surface area contributed by atoms with Crippen LogP contribution in [0.5, 0.6) is 0 Å². The van der Waals surface area contributed by atoms with Crippen LogP contribution >= 0.6 is 0 Å². The van der Waals surface area contributed by atoms with Crippen LogP contribution in [0.4, 0.5) is 11.6 Å². The molecule has 0 radical (unpaired) electrons. The third kappa shape index (κ3) is 6.38. The number of hydrogen-bond donors (Lipinski definition) is 3. The van der Waals surface area contributed by atoms with Gasteiger partial charge in [-0.15, -0.1) is 0 Å². The van der Waals surface area contributed by atoms with Crippen LogP contribution in [0.1, 0.15) is 41.0 Å². The summed E-state index contributed by atoms with van der Waals surface area (Å²) in [5.74, 6) is 1.64. The molecule has 0 saturated heterocycles. The average Bonchev–Trinajstić information content (AvgIpc) is 2.34. The Kier molecular flexibility index (Phi) is 5.11. The van der Waals surface area contributed by atoms with Crippen molar-refractivity contribution in [3.05, 3.63) is 12.4 Å². The molecule has 19 heavy (non-hydrogen) atoms. The number of aromatic nitrogens is 2. The molecule has 0 spiro atoms. The van der Waals surface area contributed by atoms with Crippen LogP contribution in [0.25, 0.3) is 0 Å². The molecule has 1 heterocycles. The summed E-state index contributed by atoms with van der Waals surface area (Å²) in [7, 11) is 0. The van der Waals surface area contributed by atoms with Gasteiger partial charge in [0.2, 0.25) is 0 Å². The maximum Gasteiger partial charge on any atom is 0.131 e. The van der Waals surface area contributed by atoms with Gasteiger partial charge in [-0.3, -0.25) is 0 Å². The minimum atomic E-state index is -0.261. The van der Waals surface area contributed by atoms with E-state index in [-0.39, 0.29) is 11.0 Å². The molecule has 1 aromatic heterocycles. The van der Waals surface area contributed by atoms with Crippen molar-refractivity contribution in [2.45, 2.75) is 46.6 Å². The predicted molar refractivity (Wildman–Crippen MR) is 81.3 cm³/mol. The van der Waals surface area contributed by atoms with Gasteiger partial charge in [0.15, 0.2) is 0 Å². The molecule has 5 nitrogen and oxygen atoms in total. The topological polar surface area (TPSA) is 75.9 Å². The van der Waals surface area contributed by atoms with Crippen LogP contribution in [-0.4, -0.2) is 28.6 Å². The van der Waals surface area contributed by atoms with Gasteiger partial charge in [0, 0.05) is 24.7 Å². The number of rotatable bonds is 7. The Hall–Kier alpha value is -1.36. The molecule has 0 aromatic carbocycles. The normalized spacial score (nSPS) is 12.3. The van der Waals surface area contributed by atoms with E-state index in [4.69, 9.17) is 5.73 Å². The van der Waals surface area contributed by atoms with Crippen molar-refractivity contribution in [2.75, 3.05) is 23.7 Å². The third-order valence-corrected chi connectivity index (χ3v) is 3.10. The first-order valence-electron chi connectivity index (χ1n) is 6.80. The monoisotopic (exact) mass is 265 g/mol. The van der Waals surface area contributed by atoms with E-state index >= 15 is 0 Å². The van der Waals surface area contributed by atoms with Gasteiger partial charge in [-0.05, 0) is 25.7 Å². The SMILES string of the molecule is CCC(C)(C)CNc1cc(NCC(C)(C)N)ncn1. The van der Waals surface area contributed by atoms with Crippen molar-refractivity contribution in [3.63, 3.8) is 0 Å². The number of nitrogens with two attached hydrogens (primary N) is 1. The van der Waals surface area contributed by atoms with Crippen LogP contribution in [0.3, 0.4) is 0 Å². The second-order valence-corrected chi connectivity index (χ2v) is 6.50. The lowest BCUT2D eigenvalue weighted by Crippen LogP contribution is -2.39. The number of hydrogen-bond acceptors (Lipinski definition) is 5. The van der Waals surface area contributed by atoms with Crippen molar-refractivity contribution in [2.24, 2.45) is 11.1 Å². The summed E-state index contributed by atoms with van der Waals surface area (Å²) in [5, 5.41) is 6.57. The van der Waals surface area contributed by atoms with Crippen LogP contribution in [-0.2, 0) is 0 Å². The summed E-state index contributed by atoms with van der Waals surface area (Å²) < 4.78 is 0. The highest BCUT2D eigenvalue weighted by atomic mass is 15.1. The molecule has 0 bridgehead atoms. The highest BCUT2D eigenvalue weighted by molar-refractivity contribution is 5.46. The Morgan fingerprint density at radius 1 is 1.05 bits per heavy atom. The molecule has 0 saturated carbocycles. The molecule has 5 heteroatoms. The van der Waals surface area contributed by atoms with Gasteiger partial charge in [-0.1, -0.05) is 20.8 Å². The maximum absolute atomic E-state index is 5.93. The average molecular weight is 265 g/mol. The van der Waals surface area contributed by atoms with E-state index in [1.807, 2.05) is 19.9 Å². The number of nitrogens with zero attached hydrogens (tertiary/aromatic N) is 2. The molecule has 0 aliphatic heterocycles. The molecular formula is C14H27N5. The van der Waals surface area contributed by atoms with Gasteiger partial charge in [-0.2, -0.15) is 0 Å². The van der Waals surface area contributed by atoms with E-state index < -0.39 is 0 Å². The fourth-order valence-electron chi connectivity index (χ4n) is 1.32. The lowest BCUT2D eigenvalue weighted by Gasteiger charge is -2.23. The zero-order valence-electron chi connectivity index (χ0n) is 12.7. The van der Waals surface area contributed by atoms with Crippen molar-refractivity contribution in [1.29, 1.82) is 0 Å². The largest absolute Gasteiger partial charge is 0.369 e. The van der Waals surface area contributed by atoms with Crippen LogP contribution in [0, 0.1) is 5.41 Å². The summed E-state index contributed by atoms with van der Waals surface area (Å²) in [6, 6.07) is 1.91. The standard InChI is InChI=1S/C14H27N5/c1-6-13(2,3)8-16-11-7-12(19-10-18-11)17-9-14(4,5)15/h7,10H,6,8-9,15H2,1-5H3,(H2,16,17,18,19). The molecule has 4 N–H and O–H groups in total. The third-order valence-electron chi connectivity index (χ3n) is 3.10. The van der Waals surface area contributed by atoms with E-state index in [9.17, 15) is 0 Å². The van der Waals surface area contributed by atoms with Crippen molar-refractivity contribution in [1.82, 2.24) is 9.97 Å². The summed E-state index contributed by atoms with van der Waals surface area (Å²) in [4.78, 5) is 8.42. The molecule has 0 amide bonds. The van der Waals surface area contributed by atoms with Crippen molar-refractivity contribution < 1.29 is 0 Å². The van der Waals surface area contributed by atoms with Gasteiger partial charge < -0.3 is 16.4 Å². The molecule has 1 rings (SSSR count). The molecule has 1 aromatic rings.